The van der Waals surface area contributed by atoms with E-state index in [2.05, 4.69) is 52.8 Å². The minimum Gasteiger partial charge on any atom is -0.491 e. The zero-order chi connectivity index (χ0) is 24.7. The fraction of sp³-hybridized carbons (Fsp3) is 0.423. The van der Waals surface area contributed by atoms with Gasteiger partial charge in [-0.3, -0.25) is 0 Å². The minimum absolute atomic E-state index is 0.0872. The normalized spacial score (nSPS) is 21.1. The monoisotopic (exact) mass is 491 g/mol. The van der Waals surface area contributed by atoms with Crippen molar-refractivity contribution in [2.45, 2.75) is 46.6 Å². The summed E-state index contributed by atoms with van der Waals surface area (Å²) in [6.45, 7) is 8.84. The molecule has 0 amide bonds. The Morgan fingerprint density at radius 2 is 2.06 bits per heavy atom. The summed E-state index contributed by atoms with van der Waals surface area (Å²) < 4.78 is 6.14. The molecule has 0 spiro atoms. The van der Waals surface area contributed by atoms with E-state index in [0.29, 0.717) is 30.7 Å². The highest BCUT2D eigenvalue weighted by atomic mass is 32.1. The van der Waals surface area contributed by atoms with E-state index >= 15 is 0 Å². The van der Waals surface area contributed by atoms with Gasteiger partial charge in [0.25, 0.3) is 0 Å². The number of fused-ring (bicyclic) bond motifs is 2. The Kier molecular flexibility index (Phi) is 6.04. The third-order valence-electron chi connectivity index (χ3n) is 6.98. The Balaban J connectivity index is 1.53. The van der Waals surface area contributed by atoms with Gasteiger partial charge in [-0.25, -0.2) is 9.97 Å². The van der Waals surface area contributed by atoms with Gasteiger partial charge in [-0.15, -0.1) is 0 Å². The number of benzene rings is 1. The molecule has 3 heterocycles. The molecular weight excluding hydrogens is 458 g/mol. The Hall–Kier alpha value is -3.33. The number of guanidine groups is 1. The third kappa shape index (κ3) is 4.91. The van der Waals surface area contributed by atoms with Gasteiger partial charge in [0, 0.05) is 23.9 Å². The molecule has 35 heavy (non-hydrogen) atoms. The average molecular weight is 492 g/mol. The second-order valence-corrected chi connectivity index (χ2v) is 11.4. The van der Waals surface area contributed by atoms with Crippen molar-refractivity contribution in [1.29, 1.82) is 0 Å². The lowest BCUT2D eigenvalue weighted by Gasteiger charge is -2.38. The molecule has 0 saturated heterocycles. The largest absolute Gasteiger partial charge is 0.491 e. The lowest BCUT2D eigenvalue weighted by Crippen LogP contribution is -2.32. The Morgan fingerprint density at radius 3 is 2.86 bits per heavy atom. The van der Waals surface area contributed by atoms with Crippen LogP contribution in [0.25, 0.3) is 21.5 Å². The summed E-state index contributed by atoms with van der Waals surface area (Å²) in [7, 11) is 0. The maximum Gasteiger partial charge on any atom is 0.192 e. The summed E-state index contributed by atoms with van der Waals surface area (Å²) >= 11 is 1.39. The first kappa shape index (κ1) is 23.4. The van der Waals surface area contributed by atoms with Crippen LogP contribution < -0.4 is 21.9 Å². The summed E-state index contributed by atoms with van der Waals surface area (Å²) in [4.78, 5) is 16.7. The molecule has 8 nitrogen and oxygen atoms in total. The predicted octanol–water partition coefficient (Wildman–Crippen LogP) is 4.47. The summed E-state index contributed by atoms with van der Waals surface area (Å²) in [5.74, 6) is 2.30. The number of hydrogen-bond acceptors (Lipinski definition) is 7. The van der Waals surface area contributed by atoms with E-state index in [1.807, 2.05) is 18.3 Å². The second-order valence-electron chi connectivity index (χ2n) is 10.4. The maximum atomic E-state index is 6.14. The number of pyridine rings is 1. The van der Waals surface area contributed by atoms with Gasteiger partial charge < -0.3 is 26.8 Å². The molecule has 1 atom stereocenters. The molecule has 1 aliphatic heterocycles. The van der Waals surface area contributed by atoms with Crippen molar-refractivity contribution in [3.05, 3.63) is 47.4 Å². The van der Waals surface area contributed by atoms with Gasteiger partial charge in [0.05, 0.1) is 6.54 Å². The number of hydrogen-bond donors (Lipinski definition) is 3. The van der Waals surface area contributed by atoms with E-state index in [-0.39, 0.29) is 11.4 Å². The van der Waals surface area contributed by atoms with Gasteiger partial charge in [-0.05, 0) is 59.9 Å². The zero-order valence-electron chi connectivity index (χ0n) is 20.5. The van der Waals surface area contributed by atoms with Gasteiger partial charge >= 0.3 is 0 Å². The van der Waals surface area contributed by atoms with E-state index in [1.165, 1.54) is 23.3 Å². The summed E-state index contributed by atoms with van der Waals surface area (Å²) in [6.07, 6.45) is 5.18. The predicted molar refractivity (Wildman–Crippen MR) is 143 cm³/mol. The van der Waals surface area contributed by atoms with Crippen LogP contribution in [0, 0.1) is 11.3 Å². The standard InChI is InChI=1S/C26H33N7OS/c1-15-6-7-26(2,3)12-19(15)22(32-24(27)28)33-8-9-34-21-5-4-16(10-18(21)14-33)17-11-20-23(30-13-17)35-25(29)31-20/h4-5,10-11,13,15H,6-9,12,14H2,1-3H3,(H2,29,31)(H4,27,28,32)/b22-19+. The molecule has 0 radical (unpaired) electrons. The summed E-state index contributed by atoms with van der Waals surface area (Å²) in [5, 5.41) is 0.524. The number of nitrogens with two attached hydrogens (primary N) is 3. The van der Waals surface area contributed by atoms with Crippen LogP contribution in [0.15, 0.2) is 46.8 Å². The lowest BCUT2D eigenvalue weighted by molar-refractivity contribution is 0.230. The van der Waals surface area contributed by atoms with E-state index < -0.39 is 0 Å². The number of ether oxygens (including phenoxy) is 1. The average Bonchev–Trinajstić information content (AvgIpc) is 3.04. The van der Waals surface area contributed by atoms with Crippen LogP contribution in [-0.4, -0.2) is 34.0 Å². The fourth-order valence-corrected chi connectivity index (χ4v) is 5.74. The van der Waals surface area contributed by atoms with Crippen LogP contribution in [0.2, 0.25) is 0 Å². The first-order valence-corrected chi connectivity index (χ1v) is 12.9. The van der Waals surface area contributed by atoms with Crippen molar-refractivity contribution < 1.29 is 4.74 Å². The maximum absolute atomic E-state index is 6.14. The minimum atomic E-state index is 0.0872. The van der Waals surface area contributed by atoms with Crippen LogP contribution in [0.1, 0.15) is 45.6 Å². The van der Waals surface area contributed by atoms with Crippen LogP contribution >= 0.6 is 11.3 Å². The molecule has 1 fully saturated rings. The Morgan fingerprint density at radius 1 is 1.23 bits per heavy atom. The number of aromatic nitrogens is 2. The zero-order valence-corrected chi connectivity index (χ0v) is 21.4. The van der Waals surface area contributed by atoms with Crippen LogP contribution in [-0.2, 0) is 6.54 Å². The summed E-state index contributed by atoms with van der Waals surface area (Å²) in [5.41, 5.74) is 23.2. The number of nitrogen functional groups attached to an aromatic ring is 1. The molecule has 0 bridgehead atoms. The van der Waals surface area contributed by atoms with Crippen molar-refractivity contribution in [2.24, 2.45) is 27.8 Å². The van der Waals surface area contributed by atoms with Crippen molar-refractivity contribution in [1.82, 2.24) is 14.9 Å². The second kappa shape index (κ2) is 9.03. The highest BCUT2D eigenvalue weighted by Gasteiger charge is 2.32. The number of allylic oxidation sites excluding steroid dienone is 1. The highest BCUT2D eigenvalue weighted by Crippen LogP contribution is 2.44. The molecular formula is C26H33N7OS. The molecule has 2 aromatic heterocycles. The first-order chi connectivity index (χ1) is 16.7. The first-order valence-electron chi connectivity index (χ1n) is 12.0. The highest BCUT2D eigenvalue weighted by molar-refractivity contribution is 7.21. The summed E-state index contributed by atoms with van der Waals surface area (Å²) in [6, 6.07) is 8.30. The number of thiazole rings is 1. The molecule has 1 unspecified atom stereocenters. The van der Waals surface area contributed by atoms with E-state index in [4.69, 9.17) is 21.9 Å². The molecule has 2 aliphatic rings. The van der Waals surface area contributed by atoms with E-state index in [1.54, 1.807) is 0 Å². The van der Waals surface area contributed by atoms with Crippen molar-refractivity contribution >= 4 is 32.8 Å². The smallest absolute Gasteiger partial charge is 0.192 e. The van der Waals surface area contributed by atoms with Crippen molar-refractivity contribution in [3.63, 3.8) is 0 Å². The third-order valence-corrected chi connectivity index (χ3v) is 7.79. The van der Waals surface area contributed by atoms with Crippen molar-refractivity contribution in [3.8, 4) is 16.9 Å². The van der Waals surface area contributed by atoms with Gasteiger partial charge in [-0.1, -0.05) is 38.2 Å². The number of rotatable bonds is 3. The van der Waals surface area contributed by atoms with Crippen molar-refractivity contribution in [2.75, 3.05) is 18.9 Å². The quantitative estimate of drug-likeness (QED) is 0.364. The van der Waals surface area contributed by atoms with E-state index in [0.717, 1.165) is 51.4 Å². The number of nitrogens with zero attached hydrogens (tertiary/aromatic N) is 4. The van der Waals surface area contributed by atoms with Gasteiger partial charge in [0.15, 0.2) is 11.1 Å². The molecule has 1 aromatic carbocycles. The molecule has 6 N–H and O–H groups in total. The molecule has 5 rings (SSSR count). The Labute approximate surface area is 209 Å². The molecule has 3 aromatic rings. The van der Waals surface area contributed by atoms with Crippen LogP contribution in [0.3, 0.4) is 0 Å². The SMILES string of the molecule is CC1CCC(C)(C)C/C1=C(/N=C(N)N)N1CCOc2ccc(-c3cnc4sc(N)nc4c3)cc2C1. The lowest BCUT2D eigenvalue weighted by atomic mass is 9.70. The number of aliphatic imine (C=N–C) groups is 1. The molecule has 9 heteroatoms. The number of anilines is 1. The van der Waals surface area contributed by atoms with Crippen LogP contribution in [0.5, 0.6) is 5.75 Å². The topological polar surface area (TPSA) is 129 Å². The molecule has 1 saturated carbocycles. The van der Waals surface area contributed by atoms with Gasteiger partial charge in [0.1, 0.15) is 28.5 Å². The van der Waals surface area contributed by atoms with Crippen LogP contribution in [0.4, 0.5) is 5.13 Å². The van der Waals surface area contributed by atoms with Gasteiger partial charge in [-0.2, -0.15) is 4.99 Å². The van der Waals surface area contributed by atoms with E-state index in [9.17, 15) is 0 Å². The molecule has 1 aliphatic carbocycles. The molecule has 184 valence electrons. The fourth-order valence-electron chi connectivity index (χ4n) is 5.08. The van der Waals surface area contributed by atoms with Gasteiger partial charge in [0.2, 0.25) is 0 Å². The Bertz CT molecular complexity index is 1320.